The Morgan fingerprint density at radius 1 is 1.36 bits per heavy atom. The number of aryl methyl sites for hydroxylation is 1. The fourth-order valence-corrected chi connectivity index (χ4v) is 3.10. The number of nitrogens with one attached hydrogen (secondary N) is 1. The van der Waals surface area contributed by atoms with Crippen LogP contribution < -0.4 is 10.2 Å². The summed E-state index contributed by atoms with van der Waals surface area (Å²) in [7, 11) is 0. The molecule has 1 aromatic carbocycles. The monoisotopic (exact) mass is 340 g/mol. The van der Waals surface area contributed by atoms with E-state index in [4.69, 9.17) is 0 Å². The van der Waals surface area contributed by atoms with E-state index in [1.807, 2.05) is 31.2 Å². The largest absolute Gasteiger partial charge is 0.387 e. The van der Waals surface area contributed by atoms with Crippen molar-refractivity contribution in [3.05, 3.63) is 54.0 Å². The van der Waals surface area contributed by atoms with Gasteiger partial charge < -0.3 is 15.3 Å². The highest BCUT2D eigenvalue weighted by Crippen LogP contribution is 2.21. The van der Waals surface area contributed by atoms with Crippen molar-refractivity contribution in [3.8, 4) is 0 Å². The van der Waals surface area contributed by atoms with E-state index in [2.05, 4.69) is 20.2 Å². The van der Waals surface area contributed by atoms with Crippen molar-refractivity contribution < 1.29 is 9.90 Å². The summed E-state index contributed by atoms with van der Waals surface area (Å²) in [5.41, 5.74) is 1.96. The van der Waals surface area contributed by atoms with Crippen LogP contribution in [0, 0.1) is 12.8 Å². The maximum absolute atomic E-state index is 12.5. The number of aliphatic hydroxyl groups excluding tert-OH is 1. The number of aromatic nitrogens is 2. The van der Waals surface area contributed by atoms with Gasteiger partial charge in [0.15, 0.2) is 0 Å². The highest BCUT2D eigenvalue weighted by molar-refractivity contribution is 5.79. The number of benzene rings is 1. The number of carbonyl (C=O) groups excluding carboxylic acids is 1. The lowest BCUT2D eigenvalue weighted by molar-refractivity contribution is -0.125. The Balaban J connectivity index is 1.53. The Bertz CT molecular complexity index is 690. The smallest absolute Gasteiger partial charge is 0.225 e. The highest BCUT2D eigenvalue weighted by Gasteiger charge is 2.26. The van der Waals surface area contributed by atoms with Crippen LogP contribution in [-0.2, 0) is 4.79 Å². The molecule has 1 amide bonds. The van der Waals surface area contributed by atoms with Crippen LogP contribution in [-0.4, -0.2) is 40.6 Å². The van der Waals surface area contributed by atoms with E-state index >= 15 is 0 Å². The highest BCUT2D eigenvalue weighted by atomic mass is 16.3. The summed E-state index contributed by atoms with van der Waals surface area (Å²) in [4.78, 5) is 23.0. The van der Waals surface area contributed by atoms with Gasteiger partial charge >= 0.3 is 0 Å². The van der Waals surface area contributed by atoms with Gasteiger partial charge in [0.2, 0.25) is 5.91 Å². The van der Waals surface area contributed by atoms with Crippen molar-refractivity contribution in [2.75, 3.05) is 24.5 Å². The molecular weight excluding hydrogens is 316 g/mol. The van der Waals surface area contributed by atoms with Gasteiger partial charge in [0.25, 0.3) is 0 Å². The number of hydrogen-bond acceptors (Lipinski definition) is 5. The average molecular weight is 340 g/mol. The van der Waals surface area contributed by atoms with E-state index in [0.717, 1.165) is 36.3 Å². The normalized spacial score (nSPS) is 18.6. The van der Waals surface area contributed by atoms with Gasteiger partial charge in [0.05, 0.1) is 18.2 Å². The van der Waals surface area contributed by atoms with Crippen LogP contribution in [0.25, 0.3) is 0 Å². The molecule has 1 saturated heterocycles. The topological polar surface area (TPSA) is 78.4 Å². The molecule has 3 rings (SSSR count). The zero-order chi connectivity index (χ0) is 17.6. The standard InChI is InChI=1S/C19H24N4O2/c1-14-4-6-15(7-5-14)17(24)11-22-19(25)16-3-2-10-23(13-16)18-12-20-8-9-21-18/h4-9,12,16-17,24H,2-3,10-11,13H2,1H3,(H,22,25)/t16-,17+/m1/s1. The van der Waals surface area contributed by atoms with Crippen molar-refractivity contribution in [1.82, 2.24) is 15.3 Å². The molecule has 0 spiro atoms. The Morgan fingerprint density at radius 2 is 2.16 bits per heavy atom. The minimum atomic E-state index is -0.691. The average Bonchev–Trinajstić information content (AvgIpc) is 2.67. The first-order chi connectivity index (χ1) is 12.1. The number of nitrogens with zero attached hydrogens (tertiary/aromatic N) is 3. The van der Waals surface area contributed by atoms with Gasteiger partial charge in [-0.05, 0) is 25.3 Å². The lowest BCUT2D eigenvalue weighted by Crippen LogP contribution is -2.44. The Kier molecular flexibility index (Phi) is 5.60. The number of piperidine rings is 1. The molecule has 0 radical (unpaired) electrons. The first-order valence-corrected chi connectivity index (χ1v) is 8.67. The lowest BCUT2D eigenvalue weighted by atomic mass is 9.97. The van der Waals surface area contributed by atoms with Crippen molar-refractivity contribution in [1.29, 1.82) is 0 Å². The van der Waals surface area contributed by atoms with Crippen molar-refractivity contribution in [3.63, 3.8) is 0 Å². The first-order valence-electron chi connectivity index (χ1n) is 8.67. The van der Waals surface area contributed by atoms with Crippen LogP contribution >= 0.6 is 0 Å². The number of rotatable bonds is 5. The molecule has 1 aliphatic heterocycles. The third kappa shape index (κ3) is 4.54. The zero-order valence-electron chi connectivity index (χ0n) is 14.4. The predicted molar refractivity (Wildman–Crippen MR) is 96.1 cm³/mol. The van der Waals surface area contributed by atoms with E-state index in [1.165, 1.54) is 0 Å². The fraction of sp³-hybridized carbons (Fsp3) is 0.421. The summed E-state index contributed by atoms with van der Waals surface area (Å²) < 4.78 is 0. The molecule has 0 aliphatic carbocycles. The molecule has 2 N–H and O–H groups in total. The zero-order valence-corrected chi connectivity index (χ0v) is 14.4. The van der Waals surface area contributed by atoms with Gasteiger partial charge in [-0.1, -0.05) is 29.8 Å². The number of hydrogen-bond donors (Lipinski definition) is 2. The number of aliphatic hydroxyl groups is 1. The SMILES string of the molecule is Cc1ccc([C@@H](O)CNC(=O)[C@@H]2CCCN(c3cnccn3)C2)cc1. The second-order valence-electron chi connectivity index (χ2n) is 6.52. The lowest BCUT2D eigenvalue weighted by Gasteiger charge is -2.32. The van der Waals surface area contributed by atoms with Gasteiger partial charge in [-0.3, -0.25) is 9.78 Å². The van der Waals surface area contributed by atoms with Crippen molar-refractivity contribution in [2.24, 2.45) is 5.92 Å². The second kappa shape index (κ2) is 8.07. The molecule has 0 unspecified atom stereocenters. The summed E-state index contributed by atoms with van der Waals surface area (Å²) in [6.45, 7) is 3.74. The second-order valence-corrected chi connectivity index (χ2v) is 6.52. The number of amides is 1. The fourth-order valence-electron chi connectivity index (χ4n) is 3.10. The maximum atomic E-state index is 12.5. The maximum Gasteiger partial charge on any atom is 0.225 e. The predicted octanol–water partition coefficient (Wildman–Crippen LogP) is 1.85. The van der Waals surface area contributed by atoms with E-state index < -0.39 is 6.10 Å². The van der Waals surface area contributed by atoms with E-state index in [9.17, 15) is 9.90 Å². The molecule has 1 fully saturated rings. The first kappa shape index (κ1) is 17.4. The van der Waals surface area contributed by atoms with Crippen LogP contribution in [0.1, 0.15) is 30.1 Å². The van der Waals surface area contributed by atoms with Crippen LogP contribution in [0.3, 0.4) is 0 Å². The van der Waals surface area contributed by atoms with E-state index in [1.54, 1.807) is 18.6 Å². The summed E-state index contributed by atoms with van der Waals surface area (Å²) >= 11 is 0. The molecule has 6 nitrogen and oxygen atoms in total. The summed E-state index contributed by atoms with van der Waals surface area (Å²) in [5, 5.41) is 13.1. The van der Waals surface area contributed by atoms with Gasteiger partial charge in [-0.25, -0.2) is 4.98 Å². The van der Waals surface area contributed by atoms with E-state index in [0.29, 0.717) is 6.54 Å². The van der Waals surface area contributed by atoms with Gasteiger partial charge in [-0.15, -0.1) is 0 Å². The van der Waals surface area contributed by atoms with Crippen molar-refractivity contribution >= 4 is 11.7 Å². The number of carbonyl (C=O) groups is 1. The molecule has 2 aromatic rings. The van der Waals surface area contributed by atoms with E-state index in [-0.39, 0.29) is 18.4 Å². The van der Waals surface area contributed by atoms with Crippen molar-refractivity contribution in [2.45, 2.75) is 25.9 Å². The van der Waals surface area contributed by atoms with Crippen LogP contribution in [0.5, 0.6) is 0 Å². The molecule has 6 heteroatoms. The number of anilines is 1. The van der Waals surface area contributed by atoms with Gasteiger partial charge in [-0.2, -0.15) is 0 Å². The van der Waals surface area contributed by atoms with Gasteiger partial charge in [0, 0.05) is 32.0 Å². The Hall–Kier alpha value is -2.47. The molecular formula is C19H24N4O2. The molecule has 132 valence electrons. The van der Waals surface area contributed by atoms with Crippen LogP contribution in [0.2, 0.25) is 0 Å². The molecule has 2 heterocycles. The molecule has 1 aromatic heterocycles. The quantitative estimate of drug-likeness (QED) is 0.868. The molecule has 2 atom stereocenters. The Morgan fingerprint density at radius 3 is 2.88 bits per heavy atom. The molecule has 25 heavy (non-hydrogen) atoms. The summed E-state index contributed by atoms with van der Waals surface area (Å²) in [6, 6.07) is 7.70. The summed E-state index contributed by atoms with van der Waals surface area (Å²) in [6.07, 6.45) is 6.13. The molecule has 0 bridgehead atoms. The minimum Gasteiger partial charge on any atom is -0.387 e. The summed E-state index contributed by atoms with van der Waals surface area (Å²) in [5.74, 6) is 0.695. The van der Waals surface area contributed by atoms with Crippen LogP contribution in [0.4, 0.5) is 5.82 Å². The Labute approximate surface area is 147 Å². The van der Waals surface area contributed by atoms with Gasteiger partial charge in [0.1, 0.15) is 5.82 Å². The van der Waals surface area contributed by atoms with Crippen LogP contribution in [0.15, 0.2) is 42.9 Å². The third-order valence-electron chi connectivity index (χ3n) is 4.60. The minimum absolute atomic E-state index is 0.0141. The molecule has 0 saturated carbocycles. The molecule has 1 aliphatic rings. The third-order valence-corrected chi connectivity index (χ3v) is 4.60.